The third kappa shape index (κ3) is 2.48. The van der Waals surface area contributed by atoms with Crippen molar-refractivity contribution < 1.29 is 9.22 Å². The molecule has 0 atom stereocenters. The zero-order valence-electron chi connectivity index (χ0n) is 15.1. The molecule has 2 heterocycles. The molecule has 0 amide bonds. The standard InChI is InChI=1S/C16H17BrN4O/c1-9-4-5-10(16(2,3)22)6-11(9)12-7-19-15-14(18)20-13(17)8-21(12)15/h4-8,22H,1-3H3,(H2,18,20)/i1D3. The Kier molecular flexibility index (Phi) is 2.68. The van der Waals surface area contributed by atoms with Gasteiger partial charge in [0, 0.05) is 15.9 Å². The van der Waals surface area contributed by atoms with Crippen molar-refractivity contribution in [2.24, 2.45) is 0 Å². The first-order chi connectivity index (χ1) is 11.5. The number of halogens is 1. The van der Waals surface area contributed by atoms with Gasteiger partial charge in [-0.2, -0.15) is 0 Å². The summed E-state index contributed by atoms with van der Waals surface area (Å²) in [5, 5.41) is 10.3. The average molecular weight is 364 g/mol. The van der Waals surface area contributed by atoms with Gasteiger partial charge in [-0.15, -0.1) is 0 Å². The Morgan fingerprint density at radius 2 is 2.18 bits per heavy atom. The second kappa shape index (κ2) is 5.07. The highest BCUT2D eigenvalue weighted by molar-refractivity contribution is 9.10. The molecule has 0 aliphatic heterocycles. The summed E-state index contributed by atoms with van der Waals surface area (Å²) in [6.45, 7) is 0.982. The SMILES string of the molecule is [2H]C([2H])([2H])c1ccc(C(C)(C)O)cc1-c1cnc2c(N)nc(Br)cn12. The maximum absolute atomic E-state index is 10.3. The second-order valence-electron chi connectivity index (χ2n) is 5.61. The number of imidazole rings is 1. The maximum Gasteiger partial charge on any atom is 0.180 e. The minimum atomic E-state index is -2.31. The molecule has 0 aliphatic carbocycles. The number of nitrogens with zero attached hydrogens (tertiary/aromatic N) is 3. The Bertz CT molecular complexity index is 960. The zero-order chi connectivity index (χ0) is 18.6. The topological polar surface area (TPSA) is 76.4 Å². The summed E-state index contributed by atoms with van der Waals surface area (Å²) >= 11 is 3.29. The van der Waals surface area contributed by atoms with Crippen LogP contribution in [0.25, 0.3) is 16.9 Å². The van der Waals surface area contributed by atoms with Crippen LogP contribution in [0.4, 0.5) is 5.82 Å². The lowest BCUT2D eigenvalue weighted by molar-refractivity contribution is 0.0786. The largest absolute Gasteiger partial charge is 0.386 e. The summed E-state index contributed by atoms with van der Waals surface area (Å²) < 4.78 is 25.7. The summed E-state index contributed by atoms with van der Waals surface area (Å²) in [6, 6.07) is 4.82. The van der Waals surface area contributed by atoms with Crippen LogP contribution in [0, 0.1) is 6.85 Å². The van der Waals surface area contributed by atoms with Crippen molar-refractivity contribution in [3.05, 3.63) is 46.3 Å². The lowest BCUT2D eigenvalue weighted by atomic mass is 9.93. The number of hydrogen-bond donors (Lipinski definition) is 2. The van der Waals surface area contributed by atoms with E-state index in [1.165, 1.54) is 6.07 Å². The fourth-order valence-corrected chi connectivity index (χ4v) is 2.71. The van der Waals surface area contributed by atoms with Crippen LogP contribution < -0.4 is 5.73 Å². The second-order valence-corrected chi connectivity index (χ2v) is 6.42. The van der Waals surface area contributed by atoms with Gasteiger partial charge >= 0.3 is 0 Å². The van der Waals surface area contributed by atoms with Gasteiger partial charge in [-0.3, -0.25) is 4.40 Å². The zero-order valence-corrected chi connectivity index (χ0v) is 13.7. The van der Waals surface area contributed by atoms with E-state index in [4.69, 9.17) is 9.85 Å². The molecule has 0 radical (unpaired) electrons. The first-order valence-corrected chi connectivity index (χ1v) is 7.44. The number of aliphatic hydroxyl groups is 1. The molecule has 114 valence electrons. The third-order valence-corrected chi connectivity index (χ3v) is 3.87. The molecule has 0 spiro atoms. The number of rotatable bonds is 2. The van der Waals surface area contributed by atoms with Crippen LogP contribution in [-0.4, -0.2) is 19.5 Å². The van der Waals surface area contributed by atoms with Crippen molar-refractivity contribution >= 4 is 27.4 Å². The molecule has 2 aromatic heterocycles. The van der Waals surface area contributed by atoms with Crippen LogP contribution in [0.2, 0.25) is 0 Å². The molecular formula is C16H17BrN4O. The Balaban J connectivity index is 2.36. The van der Waals surface area contributed by atoms with Gasteiger partial charge in [-0.25, -0.2) is 9.97 Å². The fourth-order valence-electron chi connectivity index (χ4n) is 2.32. The molecule has 0 saturated heterocycles. The lowest BCUT2D eigenvalue weighted by Crippen LogP contribution is -2.15. The first kappa shape index (κ1) is 11.6. The number of nitrogen functional groups attached to an aromatic ring is 1. The fraction of sp³-hybridized carbons (Fsp3) is 0.250. The molecule has 0 aliphatic rings. The predicted octanol–water partition coefficient (Wildman–Crippen LogP) is 3.28. The van der Waals surface area contributed by atoms with E-state index in [2.05, 4.69) is 25.9 Å². The molecular weight excluding hydrogens is 344 g/mol. The Morgan fingerprint density at radius 3 is 2.86 bits per heavy atom. The van der Waals surface area contributed by atoms with Crippen molar-refractivity contribution in [2.45, 2.75) is 26.3 Å². The molecule has 3 N–H and O–H groups in total. The number of fused-ring (bicyclic) bond motifs is 1. The van der Waals surface area contributed by atoms with Crippen LogP contribution >= 0.6 is 15.9 Å². The normalized spacial score (nSPS) is 14.6. The average Bonchev–Trinajstić information content (AvgIpc) is 2.88. The van der Waals surface area contributed by atoms with Crippen LogP contribution in [0.5, 0.6) is 0 Å². The van der Waals surface area contributed by atoms with E-state index in [0.29, 0.717) is 27.1 Å². The van der Waals surface area contributed by atoms with Gasteiger partial charge in [0.05, 0.1) is 17.5 Å². The number of aryl methyl sites for hydroxylation is 1. The van der Waals surface area contributed by atoms with Crippen LogP contribution in [0.15, 0.2) is 35.2 Å². The van der Waals surface area contributed by atoms with E-state index in [-0.39, 0.29) is 11.4 Å². The molecule has 0 bridgehead atoms. The molecule has 0 fully saturated rings. The predicted molar refractivity (Wildman–Crippen MR) is 90.5 cm³/mol. The molecule has 1 aromatic carbocycles. The van der Waals surface area contributed by atoms with E-state index in [1.807, 2.05) is 0 Å². The minimum absolute atomic E-state index is 0.175. The number of benzene rings is 1. The van der Waals surface area contributed by atoms with Crippen molar-refractivity contribution in [2.75, 3.05) is 5.73 Å². The van der Waals surface area contributed by atoms with Crippen molar-refractivity contribution in [1.29, 1.82) is 0 Å². The number of nitrogens with two attached hydrogens (primary N) is 1. The molecule has 6 heteroatoms. The lowest BCUT2D eigenvalue weighted by Gasteiger charge is -2.19. The van der Waals surface area contributed by atoms with Crippen molar-refractivity contribution in [3.8, 4) is 11.3 Å². The molecule has 0 unspecified atom stereocenters. The van der Waals surface area contributed by atoms with Gasteiger partial charge in [-0.1, -0.05) is 12.1 Å². The molecule has 0 saturated carbocycles. The summed E-state index contributed by atoms with van der Waals surface area (Å²) in [7, 11) is 0. The molecule has 3 aromatic rings. The summed E-state index contributed by atoms with van der Waals surface area (Å²) in [6.07, 6.45) is 3.23. The van der Waals surface area contributed by atoms with Crippen LogP contribution in [-0.2, 0) is 5.60 Å². The minimum Gasteiger partial charge on any atom is -0.386 e. The van der Waals surface area contributed by atoms with E-state index in [9.17, 15) is 5.11 Å². The summed E-state index contributed by atoms with van der Waals surface area (Å²) in [4.78, 5) is 8.36. The quantitative estimate of drug-likeness (QED) is 0.732. The summed E-state index contributed by atoms with van der Waals surface area (Å²) in [5.74, 6) is 0.231. The molecule has 3 rings (SSSR count). The van der Waals surface area contributed by atoms with E-state index in [0.717, 1.165) is 0 Å². The van der Waals surface area contributed by atoms with Gasteiger partial charge in [0.25, 0.3) is 0 Å². The van der Waals surface area contributed by atoms with E-state index >= 15 is 0 Å². The van der Waals surface area contributed by atoms with Gasteiger partial charge in [-0.05, 0) is 53.8 Å². The highest BCUT2D eigenvalue weighted by atomic mass is 79.9. The van der Waals surface area contributed by atoms with E-state index in [1.54, 1.807) is 42.8 Å². The Morgan fingerprint density at radius 1 is 1.41 bits per heavy atom. The first-order valence-electron chi connectivity index (χ1n) is 8.15. The number of aromatic nitrogens is 3. The Hall–Kier alpha value is -1.92. The highest BCUT2D eigenvalue weighted by Gasteiger charge is 2.19. The monoisotopic (exact) mass is 363 g/mol. The molecule has 22 heavy (non-hydrogen) atoms. The highest BCUT2D eigenvalue weighted by Crippen LogP contribution is 2.30. The summed E-state index contributed by atoms with van der Waals surface area (Å²) in [5.41, 5.74) is 7.02. The van der Waals surface area contributed by atoms with Gasteiger partial charge in [0.2, 0.25) is 0 Å². The van der Waals surface area contributed by atoms with Crippen molar-refractivity contribution in [3.63, 3.8) is 0 Å². The maximum atomic E-state index is 10.3. The van der Waals surface area contributed by atoms with Crippen LogP contribution in [0.1, 0.15) is 29.1 Å². The Labute approximate surface area is 141 Å². The van der Waals surface area contributed by atoms with E-state index < -0.39 is 12.5 Å². The number of anilines is 1. The third-order valence-electron chi connectivity index (χ3n) is 3.49. The van der Waals surface area contributed by atoms with Crippen molar-refractivity contribution in [1.82, 2.24) is 14.4 Å². The molecule has 5 nitrogen and oxygen atoms in total. The number of hydrogen-bond acceptors (Lipinski definition) is 4. The van der Waals surface area contributed by atoms with Gasteiger partial charge in [0.1, 0.15) is 4.60 Å². The smallest absolute Gasteiger partial charge is 0.180 e. The van der Waals surface area contributed by atoms with Crippen LogP contribution in [0.3, 0.4) is 0 Å². The van der Waals surface area contributed by atoms with Gasteiger partial charge < -0.3 is 10.8 Å². The van der Waals surface area contributed by atoms with Gasteiger partial charge in [0.15, 0.2) is 11.5 Å².